The maximum atomic E-state index is 12.4. The molecule has 0 atom stereocenters. The van der Waals surface area contributed by atoms with Crippen LogP contribution in [0.5, 0.6) is 5.75 Å². The molecule has 25 heavy (non-hydrogen) atoms. The minimum atomic E-state index is -4.80. The Kier molecular flexibility index (Phi) is 5.24. The number of hydrogen-bond donors (Lipinski definition) is 2. The zero-order valence-electron chi connectivity index (χ0n) is 14.0. The van der Waals surface area contributed by atoms with Gasteiger partial charge >= 0.3 is 6.36 Å². The Balaban J connectivity index is 2.06. The van der Waals surface area contributed by atoms with Crippen LogP contribution in [0.15, 0.2) is 39.9 Å². The third kappa shape index (κ3) is 5.70. The summed E-state index contributed by atoms with van der Waals surface area (Å²) in [7, 11) is 0. The molecule has 2 rings (SSSR count). The van der Waals surface area contributed by atoms with Crippen molar-refractivity contribution < 1.29 is 22.3 Å². The normalized spacial score (nSPS) is 13.0. The third-order valence-corrected chi connectivity index (χ3v) is 3.05. The van der Waals surface area contributed by atoms with Gasteiger partial charge in [-0.05, 0) is 12.1 Å². The average Bonchev–Trinajstić information content (AvgIpc) is 2.95. The smallest absolute Gasteiger partial charge is 0.443 e. The Morgan fingerprint density at radius 1 is 1.28 bits per heavy atom. The molecule has 1 heterocycles. The zero-order valence-corrected chi connectivity index (χ0v) is 14.0. The van der Waals surface area contributed by atoms with E-state index in [-0.39, 0.29) is 23.6 Å². The van der Waals surface area contributed by atoms with Crippen molar-refractivity contribution in [1.29, 1.82) is 0 Å². The van der Waals surface area contributed by atoms with Crippen LogP contribution in [0.25, 0.3) is 0 Å². The number of benzene rings is 1. The van der Waals surface area contributed by atoms with Gasteiger partial charge < -0.3 is 20.2 Å². The number of oxazole rings is 1. The number of nitrogens with zero attached hydrogens (tertiary/aromatic N) is 2. The number of nitrogens with one attached hydrogen (secondary N) is 1. The maximum Gasteiger partial charge on any atom is 0.573 e. The van der Waals surface area contributed by atoms with E-state index < -0.39 is 12.1 Å². The summed E-state index contributed by atoms with van der Waals surface area (Å²) in [5, 5.41) is 2.57. The number of nitrogens with two attached hydrogens (primary N) is 1. The molecule has 0 aliphatic heterocycles. The average molecular weight is 356 g/mol. The van der Waals surface area contributed by atoms with Crippen LogP contribution in [0.3, 0.4) is 0 Å². The molecule has 0 saturated carbocycles. The number of para-hydroxylation sites is 2. The molecule has 1 aromatic heterocycles. The van der Waals surface area contributed by atoms with Crippen LogP contribution in [0.4, 0.5) is 18.9 Å². The second-order valence-electron chi connectivity index (χ2n) is 6.24. The summed E-state index contributed by atoms with van der Waals surface area (Å²) in [4.78, 5) is 8.11. The van der Waals surface area contributed by atoms with Gasteiger partial charge in [0, 0.05) is 5.41 Å². The molecular weight excluding hydrogens is 337 g/mol. The van der Waals surface area contributed by atoms with Crippen LogP contribution in [0.1, 0.15) is 32.4 Å². The van der Waals surface area contributed by atoms with Crippen molar-refractivity contribution in [3.63, 3.8) is 0 Å². The van der Waals surface area contributed by atoms with Gasteiger partial charge in [-0.3, -0.25) is 0 Å². The van der Waals surface area contributed by atoms with Crippen LogP contribution in [0, 0.1) is 0 Å². The fraction of sp³-hybridized carbons (Fsp3) is 0.375. The first-order valence-corrected chi connectivity index (χ1v) is 7.41. The van der Waals surface area contributed by atoms with E-state index in [1.54, 1.807) is 12.3 Å². The molecular formula is C16H19F3N4O2. The molecule has 0 amide bonds. The lowest BCUT2D eigenvalue weighted by Crippen LogP contribution is -2.24. The summed E-state index contributed by atoms with van der Waals surface area (Å²) in [6, 6.07) is 5.53. The van der Waals surface area contributed by atoms with Gasteiger partial charge in [-0.2, -0.15) is 0 Å². The van der Waals surface area contributed by atoms with Gasteiger partial charge in [-0.15, -0.1) is 13.2 Å². The Labute approximate surface area is 142 Å². The van der Waals surface area contributed by atoms with Crippen molar-refractivity contribution in [2.45, 2.75) is 39.1 Å². The first kappa shape index (κ1) is 18.6. The lowest BCUT2D eigenvalue weighted by atomic mass is 9.94. The predicted octanol–water partition coefficient (Wildman–Crippen LogP) is 3.80. The van der Waals surface area contributed by atoms with E-state index in [9.17, 15) is 13.2 Å². The molecule has 0 aliphatic rings. The molecule has 9 heteroatoms. The van der Waals surface area contributed by atoms with Gasteiger partial charge in [0.2, 0.25) is 5.89 Å². The topological polar surface area (TPSA) is 85.7 Å². The summed E-state index contributed by atoms with van der Waals surface area (Å²) < 4.78 is 46.7. The van der Waals surface area contributed by atoms with Crippen LogP contribution < -0.4 is 15.8 Å². The third-order valence-electron chi connectivity index (χ3n) is 3.05. The van der Waals surface area contributed by atoms with Crippen molar-refractivity contribution in [3.05, 3.63) is 42.1 Å². The molecule has 0 radical (unpaired) electrons. The predicted molar refractivity (Wildman–Crippen MR) is 87.3 cm³/mol. The molecule has 0 spiro atoms. The molecule has 2 aromatic rings. The van der Waals surface area contributed by atoms with Crippen molar-refractivity contribution in [1.82, 2.24) is 4.98 Å². The largest absolute Gasteiger partial charge is 0.573 e. The number of aliphatic imine (C=N–C) groups is 1. The van der Waals surface area contributed by atoms with Crippen LogP contribution in [-0.2, 0) is 12.0 Å². The van der Waals surface area contributed by atoms with E-state index in [1.807, 2.05) is 20.8 Å². The van der Waals surface area contributed by atoms with Gasteiger partial charge in [-0.1, -0.05) is 32.9 Å². The molecule has 3 N–H and O–H groups in total. The molecule has 0 fully saturated rings. The fourth-order valence-corrected chi connectivity index (χ4v) is 1.84. The Morgan fingerprint density at radius 2 is 1.96 bits per heavy atom. The first-order valence-electron chi connectivity index (χ1n) is 7.41. The van der Waals surface area contributed by atoms with Crippen LogP contribution in [0.2, 0.25) is 0 Å². The second kappa shape index (κ2) is 7.04. The highest BCUT2D eigenvalue weighted by molar-refractivity contribution is 5.93. The summed E-state index contributed by atoms with van der Waals surface area (Å²) in [5.74, 6) is 0.565. The Hall–Kier alpha value is -2.71. The molecule has 0 aliphatic carbocycles. The SMILES string of the molecule is CC(C)(C)c1cnc(CN=C(N)Nc2ccccc2OC(F)(F)F)o1. The molecule has 0 unspecified atom stereocenters. The van der Waals surface area contributed by atoms with E-state index >= 15 is 0 Å². The number of anilines is 1. The van der Waals surface area contributed by atoms with E-state index in [0.29, 0.717) is 11.7 Å². The molecule has 1 aromatic carbocycles. The van der Waals surface area contributed by atoms with Gasteiger partial charge in [0.25, 0.3) is 0 Å². The van der Waals surface area contributed by atoms with Crippen LogP contribution in [-0.4, -0.2) is 17.3 Å². The number of alkyl halides is 3. The second-order valence-corrected chi connectivity index (χ2v) is 6.24. The lowest BCUT2D eigenvalue weighted by molar-refractivity contribution is -0.274. The van der Waals surface area contributed by atoms with Gasteiger partial charge in [-0.25, -0.2) is 9.98 Å². The van der Waals surface area contributed by atoms with Crippen molar-refractivity contribution >= 4 is 11.6 Å². The quantitative estimate of drug-likeness (QED) is 0.643. The first-order chi connectivity index (χ1) is 11.5. The van der Waals surface area contributed by atoms with E-state index in [0.717, 1.165) is 0 Å². The monoisotopic (exact) mass is 356 g/mol. The highest BCUT2D eigenvalue weighted by atomic mass is 19.4. The van der Waals surface area contributed by atoms with Crippen LogP contribution >= 0.6 is 0 Å². The summed E-state index contributed by atoms with van der Waals surface area (Å²) >= 11 is 0. The molecule has 0 bridgehead atoms. The van der Waals surface area contributed by atoms with E-state index in [4.69, 9.17) is 10.2 Å². The summed E-state index contributed by atoms with van der Waals surface area (Å²) in [6.07, 6.45) is -3.19. The summed E-state index contributed by atoms with van der Waals surface area (Å²) in [6.45, 7) is 5.99. The molecule has 136 valence electrons. The maximum absolute atomic E-state index is 12.4. The highest BCUT2D eigenvalue weighted by Gasteiger charge is 2.32. The number of aromatic nitrogens is 1. The Bertz CT molecular complexity index is 748. The number of halogens is 3. The van der Waals surface area contributed by atoms with Crippen molar-refractivity contribution in [2.24, 2.45) is 10.7 Å². The summed E-state index contributed by atoms with van der Waals surface area (Å²) in [5.41, 5.74) is 5.57. The fourth-order valence-electron chi connectivity index (χ4n) is 1.84. The number of hydrogen-bond acceptors (Lipinski definition) is 4. The lowest BCUT2D eigenvalue weighted by Gasteiger charge is -2.14. The molecule has 0 saturated heterocycles. The standard InChI is InChI=1S/C16H19F3N4O2/c1-15(2,3)12-8-21-13(24-12)9-22-14(20)23-10-6-4-5-7-11(10)25-16(17,18)19/h4-8H,9H2,1-3H3,(H3,20,22,23). The number of guanidine groups is 1. The van der Waals surface area contributed by atoms with Crippen molar-refractivity contribution in [3.8, 4) is 5.75 Å². The van der Waals surface area contributed by atoms with Gasteiger partial charge in [0.1, 0.15) is 12.3 Å². The Morgan fingerprint density at radius 3 is 2.56 bits per heavy atom. The minimum absolute atomic E-state index is 0.0452. The van der Waals surface area contributed by atoms with E-state index in [2.05, 4.69) is 20.0 Å². The van der Waals surface area contributed by atoms with Gasteiger partial charge in [0.05, 0.1) is 11.9 Å². The molecule has 6 nitrogen and oxygen atoms in total. The van der Waals surface area contributed by atoms with Crippen molar-refractivity contribution in [2.75, 3.05) is 5.32 Å². The number of rotatable bonds is 4. The van der Waals surface area contributed by atoms with E-state index in [1.165, 1.54) is 18.2 Å². The van der Waals surface area contributed by atoms with Gasteiger partial charge in [0.15, 0.2) is 11.7 Å². The minimum Gasteiger partial charge on any atom is -0.443 e. The zero-order chi connectivity index (χ0) is 18.7. The number of ether oxygens (including phenoxy) is 1. The highest BCUT2D eigenvalue weighted by Crippen LogP contribution is 2.29.